The summed E-state index contributed by atoms with van der Waals surface area (Å²) in [5.41, 5.74) is -0.876. The number of halogens is 5. The second-order valence-corrected chi connectivity index (χ2v) is 7.95. The molecule has 0 spiro atoms. The molecular weight excluding hydrogens is 429 g/mol. The molecule has 3 rings (SSSR count). The van der Waals surface area contributed by atoms with Crippen molar-refractivity contribution in [2.24, 2.45) is 5.92 Å². The zero-order chi connectivity index (χ0) is 22.2. The van der Waals surface area contributed by atoms with Crippen LogP contribution in [0.2, 0.25) is 0 Å². The summed E-state index contributed by atoms with van der Waals surface area (Å²) in [5, 5.41) is 2.12. The van der Waals surface area contributed by atoms with Crippen LogP contribution in [0.25, 0.3) is 0 Å². The molecule has 1 aromatic heterocycles. The first-order valence-electron chi connectivity index (χ1n) is 9.35. The lowest BCUT2D eigenvalue weighted by atomic mass is 9.85. The van der Waals surface area contributed by atoms with Gasteiger partial charge in [-0.05, 0) is 37.7 Å². The lowest BCUT2D eigenvalue weighted by Crippen LogP contribution is -2.20. The van der Waals surface area contributed by atoms with Gasteiger partial charge in [0.05, 0.1) is 12.2 Å². The minimum absolute atomic E-state index is 0.0378. The third-order valence-corrected chi connectivity index (χ3v) is 6.26. The number of carbonyl (C=O) groups excluding carboxylic acids is 2. The van der Waals surface area contributed by atoms with Gasteiger partial charge in [-0.1, -0.05) is 13.3 Å². The summed E-state index contributed by atoms with van der Waals surface area (Å²) in [7, 11) is 0. The minimum atomic E-state index is -2.36. The Bertz CT molecular complexity index is 992. The summed E-state index contributed by atoms with van der Waals surface area (Å²) in [6.45, 7) is 3.68. The molecule has 0 aliphatic heterocycles. The van der Waals surface area contributed by atoms with Gasteiger partial charge in [-0.15, -0.1) is 11.3 Å². The summed E-state index contributed by atoms with van der Waals surface area (Å²) in [4.78, 5) is 25.7. The third-order valence-electron chi connectivity index (χ3n) is 5.09. The van der Waals surface area contributed by atoms with Crippen LogP contribution in [-0.4, -0.2) is 18.5 Å². The third kappa shape index (κ3) is 3.80. The van der Waals surface area contributed by atoms with Gasteiger partial charge in [-0.2, -0.15) is 0 Å². The van der Waals surface area contributed by atoms with Gasteiger partial charge in [0.1, 0.15) is 10.6 Å². The molecule has 0 fully saturated rings. The molecule has 1 amide bonds. The van der Waals surface area contributed by atoms with E-state index in [4.69, 9.17) is 4.74 Å². The molecule has 0 saturated carbocycles. The number of anilines is 1. The van der Waals surface area contributed by atoms with E-state index in [0.717, 1.165) is 29.1 Å². The van der Waals surface area contributed by atoms with Crippen molar-refractivity contribution in [2.75, 3.05) is 11.9 Å². The second kappa shape index (κ2) is 8.71. The molecule has 2 aromatic rings. The van der Waals surface area contributed by atoms with Crippen LogP contribution in [0.3, 0.4) is 0 Å². The summed E-state index contributed by atoms with van der Waals surface area (Å²) in [6.07, 6.45) is 2.94. The normalized spacial score (nSPS) is 15.6. The highest BCUT2D eigenvalue weighted by Crippen LogP contribution is 2.41. The Balaban J connectivity index is 2.04. The monoisotopic (exact) mass is 447 g/mol. The molecule has 1 unspecified atom stereocenters. The number of benzene rings is 1. The van der Waals surface area contributed by atoms with Crippen LogP contribution in [0.1, 0.15) is 57.8 Å². The maximum absolute atomic E-state index is 14.0. The van der Waals surface area contributed by atoms with Crippen molar-refractivity contribution in [3.8, 4) is 0 Å². The largest absolute Gasteiger partial charge is 0.462 e. The van der Waals surface area contributed by atoms with Crippen molar-refractivity contribution in [1.29, 1.82) is 0 Å². The van der Waals surface area contributed by atoms with Crippen LogP contribution >= 0.6 is 11.3 Å². The van der Waals surface area contributed by atoms with E-state index in [1.54, 1.807) is 6.92 Å². The van der Waals surface area contributed by atoms with E-state index in [1.165, 1.54) is 0 Å². The molecule has 0 saturated heterocycles. The van der Waals surface area contributed by atoms with Crippen LogP contribution < -0.4 is 5.32 Å². The Morgan fingerprint density at radius 2 is 1.60 bits per heavy atom. The highest BCUT2D eigenvalue weighted by atomic mass is 32.1. The van der Waals surface area contributed by atoms with Crippen LogP contribution in [0.4, 0.5) is 27.0 Å². The first-order chi connectivity index (χ1) is 14.2. The molecule has 0 bridgehead atoms. The zero-order valence-corrected chi connectivity index (χ0v) is 17.0. The first-order valence-corrected chi connectivity index (χ1v) is 10.2. The van der Waals surface area contributed by atoms with Gasteiger partial charge in [0.15, 0.2) is 23.3 Å². The number of nitrogens with one attached hydrogen (secondary N) is 1. The number of hydrogen-bond donors (Lipinski definition) is 1. The SMILES string of the molecule is CCOC(=O)c1c(NC(=O)c2c(F)c(F)c(F)c(F)c2F)sc2c1CCC(CC)C2. The number of amides is 1. The molecule has 1 atom stereocenters. The zero-order valence-electron chi connectivity index (χ0n) is 16.1. The fourth-order valence-electron chi connectivity index (χ4n) is 3.48. The smallest absolute Gasteiger partial charge is 0.341 e. The van der Waals surface area contributed by atoms with Crippen LogP contribution in [0.15, 0.2) is 0 Å². The first kappa shape index (κ1) is 22.2. The van der Waals surface area contributed by atoms with E-state index in [2.05, 4.69) is 5.32 Å². The summed E-state index contributed by atoms with van der Waals surface area (Å²) in [6, 6.07) is 0. The van der Waals surface area contributed by atoms with E-state index in [0.29, 0.717) is 24.3 Å². The number of esters is 1. The predicted octanol–water partition coefficient (Wildman–Crippen LogP) is 5.39. The summed E-state index contributed by atoms with van der Waals surface area (Å²) in [5.74, 6) is -13.2. The van der Waals surface area contributed by atoms with Crippen molar-refractivity contribution in [1.82, 2.24) is 0 Å². The average molecular weight is 447 g/mol. The summed E-state index contributed by atoms with van der Waals surface area (Å²) < 4.78 is 73.2. The molecule has 1 aliphatic rings. The van der Waals surface area contributed by atoms with Crippen molar-refractivity contribution < 1.29 is 36.3 Å². The lowest BCUT2D eigenvalue weighted by molar-refractivity contribution is 0.0526. The second-order valence-electron chi connectivity index (χ2n) is 6.84. The summed E-state index contributed by atoms with van der Waals surface area (Å²) >= 11 is 1.04. The van der Waals surface area contributed by atoms with Gasteiger partial charge >= 0.3 is 5.97 Å². The number of fused-ring (bicyclic) bond motifs is 1. The highest BCUT2D eigenvalue weighted by molar-refractivity contribution is 7.17. The number of thiophene rings is 1. The van der Waals surface area contributed by atoms with Crippen LogP contribution in [-0.2, 0) is 17.6 Å². The average Bonchev–Trinajstić information content (AvgIpc) is 3.07. The van der Waals surface area contributed by atoms with Crippen LogP contribution in [0, 0.1) is 35.0 Å². The standard InChI is InChI=1S/C20H18F5NO3S/c1-3-8-5-6-9-10(7-8)30-19(11(9)20(28)29-4-2)26-18(27)12-13(21)15(23)17(25)16(24)14(12)22/h8H,3-7H2,1-2H3,(H,26,27). The molecule has 162 valence electrons. The van der Waals surface area contributed by atoms with Crippen molar-refractivity contribution in [3.05, 3.63) is 50.7 Å². The Morgan fingerprint density at radius 1 is 1.00 bits per heavy atom. The Hall–Kier alpha value is -2.49. The Labute approximate surface area is 173 Å². The molecular formula is C20H18F5NO3S. The number of ether oxygens (including phenoxy) is 1. The van der Waals surface area contributed by atoms with Gasteiger partial charge in [0, 0.05) is 4.88 Å². The molecule has 1 aromatic carbocycles. The Kier molecular flexibility index (Phi) is 6.44. The van der Waals surface area contributed by atoms with Crippen LogP contribution in [0.5, 0.6) is 0 Å². The molecule has 1 aliphatic carbocycles. The topological polar surface area (TPSA) is 55.4 Å². The quantitative estimate of drug-likeness (QED) is 0.290. The maximum atomic E-state index is 14.0. The Morgan fingerprint density at radius 3 is 2.17 bits per heavy atom. The van der Waals surface area contributed by atoms with E-state index < -0.39 is 46.5 Å². The van der Waals surface area contributed by atoms with Gasteiger partial charge in [-0.3, -0.25) is 4.79 Å². The number of rotatable bonds is 5. The molecule has 0 radical (unpaired) electrons. The van der Waals surface area contributed by atoms with Gasteiger partial charge in [0.2, 0.25) is 5.82 Å². The van der Waals surface area contributed by atoms with E-state index >= 15 is 0 Å². The highest BCUT2D eigenvalue weighted by Gasteiger charge is 2.33. The van der Waals surface area contributed by atoms with Crippen molar-refractivity contribution in [2.45, 2.75) is 39.5 Å². The maximum Gasteiger partial charge on any atom is 0.341 e. The van der Waals surface area contributed by atoms with Gasteiger partial charge in [-0.25, -0.2) is 26.7 Å². The van der Waals surface area contributed by atoms with Crippen molar-refractivity contribution >= 4 is 28.2 Å². The van der Waals surface area contributed by atoms with E-state index in [9.17, 15) is 31.5 Å². The fourth-order valence-corrected chi connectivity index (χ4v) is 4.82. The number of hydrogen-bond acceptors (Lipinski definition) is 4. The fraction of sp³-hybridized carbons (Fsp3) is 0.400. The van der Waals surface area contributed by atoms with Gasteiger partial charge in [0.25, 0.3) is 5.91 Å². The lowest BCUT2D eigenvalue weighted by Gasteiger charge is -2.20. The molecule has 1 heterocycles. The molecule has 30 heavy (non-hydrogen) atoms. The number of carbonyl (C=O) groups is 2. The van der Waals surface area contributed by atoms with Gasteiger partial charge < -0.3 is 10.1 Å². The predicted molar refractivity (Wildman–Crippen MR) is 100 cm³/mol. The van der Waals surface area contributed by atoms with Crippen molar-refractivity contribution in [3.63, 3.8) is 0 Å². The molecule has 10 heteroatoms. The van der Waals surface area contributed by atoms with E-state index in [1.807, 2.05) is 6.92 Å². The molecule has 1 N–H and O–H groups in total. The minimum Gasteiger partial charge on any atom is -0.462 e. The van der Waals surface area contributed by atoms with E-state index in [-0.39, 0.29) is 17.2 Å². The molecule has 4 nitrogen and oxygen atoms in total.